The second kappa shape index (κ2) is 7.14. The lowest BCUT2D eigenvalue weighted by Crippen LogP contribution is -2.12. The molecule has 1 fully saturated rings. The van der Waals surface area contributed by atoms with Crippen LogP contribution in [0.15, 0.2) is 12.1 Å². The van der Waals surface area contributed by atoms with Gasteiger partial charge in [-0.2, -0.15) is 0 Å². The zero-order valence-electron chi connectivity index (χ0n) is 12.0. The van der Waals surface area contributed by atoms with Gasteiger partial charge >= 0.3 is 0 Å². The summed E-state index contributed by atoms with van der Waals surface area (Å²) < 4.78 is 39.5. The monoisotopic (exact) mass is 283 g/mol. The Bertz CT molecular complexity index is 411. The van der Waals surface area contributed by atoms with Crippen LogP contribution in [0.4, 0.5) is 13.2 Å². The molecule has 0 unspecified atom stereocenters. The van der Waals surface area contributed by atoms with Crippen molar-refractivity contribution in [1.29, 1.82) is 0 Å². The standard InChI is InChI=1S/C17H22F3/c1-2-3-4-5-12-6-8-13(9-7-12)14-10-15(18)17(20)16(19)11-14/h10-11,13H,2-9H2,1H3. The van der Waals surface area contributed by atoms with E-state index < -0.39 is 17.5 Å². The molecule has 1 saturated carbocycles. The Kier molecular flexibility index (Phi) is 5.50. The first-order valence-corrected chi connectivity index (χ1v) is 7.59. The van der Waals surface area contributed by atoms with Crippen LogP contribution < -0.4 is 0 Å². The van der Waals surface area contributed by atoms with Gasteiger partial charge in [0, 0.05) is 0 Å². The summed E-state index contributed by atoms with van der Waals surface area (Å²) >= 11 is 0. The van der Waals surface area contributed by atoms with Crippen molar-refractivity contribution < 1.29 is 13.2 Å². The smallest absolute Gasteiger partial charge is 0.194 e. The number of benzene rings is 1. The second-order valence-corrected chi connectivity index (χ2v) is 5.78. The molecule has 1 aromatic rings. The summed E-state index contributed by atoms with van der Waals surface area (Å²) in [5, 5.41) is 0. The van der Waals surface area contributed by atoms with E-state index in [-0.39, 0.29) is 5.92 Å². The summed E-state index contributed by atoms with van der Waals surface area (Å²) in [6.07, 6.45) is 8.84. The van der Waals surface area contributed by atoms with Crippen molar-refractivity contribution in [2.24, 2.45) is 0 Å². The van der Waals surface area contributed by atoms with Crippen molar-refractivity contribution >= 4 is 0 Å². The van der Waals surface area contributed by atoms with Gasteiger partial charge in [0.25, 0.3) is 0 Å². The van der Waals surface area contributed by atoms with E-state index in [1.165, 1.54) is 25.7 Å². The first-order chi connectivity index (χ1) is 9.61. The van der Waals surface area contributed by atoms with Crippen LogP contribution >= 0.6 is 0 Å². The summed E-state index contributed by atoms with van der Waals surface area (Å²) in [6, 6.07) is 2.32. The number of halogens is 3. The van der Waals surface area contributed by atoms with Gasteiger partial charge in [-0.25, -0.2) is 13.2 Å². The van der Waals surface area contributed by atoms with Crippen LogP contribution in [0.1, 0.15) is 69.8 Å². The minimum atomic E-state index is -1.36. The first-order valence-electron chi connectivity index (χ1n) is 7.59. The maximum Gasteiger partial charge on any atom is 0.194 e. The van der Waals surface area contributed by atoms with Gasteiger partial charge in [-0.15, -0.1) is 0 Å². The minimum Gasteiger partial charge on any atom is -0.204 e. The van der Waals surface area contributed by atoms with Crippen molar-refractivity contribution in [3.05, 3.63) is 41.1 Å². The maximum absolute atomic E-state index is 13.3. The number of hydrogen-bond donors (Lipinski definition) is 0. The Balaban J connectivity index is 1.90. The quantitative estimate of drug-likeness (QED) is 0.465. The molecule has 0 spiro atoms. The molecule has 20 heavy (non-hydrogen) atoms. The molecule has 0 amide bonds. The molecule has 0 atom stereocenters. The molecular weight excluding hydrogens is 261 g/mol. The first kappa shape index (κ1) is 15.4. The van der Waals surface area contributed by atoms with E-state index in [0.29, 0.717) is 5.56 Å². The molecule has 2 rings (SSSR count). The fourth-order valence-corrected chi connectivity index (χ4v) is 3.05. The molecule has 111 valence electrons. The van der Waals surface area contributed by atoms with E-state index in [2.05, 4.69) is 6.92 Å². The topological polar surface area (TPSA) is 0 Å². The summed E-state index contributed by atoms with van der Waals surface area (Å²) in [5.41, 5.74) is 0.606. The predicted octanol–water partition coefficient (Wildman–Crippen LogP) is 5.92. The Hall–Kier alpha value is -0.990. The van der Waals surface area contributed by atoms with Crippen LogP contribution in [0.25, 0.3) is 0 Å². The average Bonchev–Trinajstić information content (AvgIpc) is 2.45. The van der Waals surface area contributed by atoms with Gasteiger partial charge < -0.3 is 0 Å². The Morgan fingerprint density at radius 2 is 1.60 bits per heavy atom. The van der Waals surface area contributed by atoms with Gasteiger partial charge in [-0.05, 0) is 61.6 Å². The molecular formula is C17H22F3. The Labute approximate surface area is 119 Å². The van der Waals surface area contributed by atoms with Crippen LogP contribution in [0.2, 0.25) is 0 Å². The van der Waals surface area contributed by atoms with Crippen LogP contribution in [0.3, 0.4) is 0 Å². The lowest BCUT2D eigenvalue weighted by molar-refractivity contribution is 0.422. The number of unbranched alkanes of at least 4 members (excludes halogenated alkanes) is 2. The molecule has 0 aliphatic heterocycles. The van der Waals surface area contributed by atoms with E-state index in [4.69, 9.17) is 0 Å². The fourth-order valence-electron chi connectivity index (χ4n) is 3.05. The molecule has 0 nitrogen and oxygen atoms in total. The maximum atomic E-state index is 13.3. The predicted molar refractivity (Wildman–Crippen MR) is 74.9 cm³/mol. The SMILES string of the molecule is CCCCC[C]1CCC(c2cc(F)c(F)c(F)c2)CC1. The third-order valence-electron chi connectivity index (χ3n) is 4.30. The van der Waals surface area contributed by atoms with E-state index >= 15 is 0 Å². The molecule has 0 aromatic heterocycles. The zero-order chi connectivity index (χ0) is 14.5. The molecule has 1 aromatic carbocycles. The summed E-state index contributed by atoms with van der Waals surface area (Å²) in [6.45, 7) is 2.19. The van der Waals surface area contributed by atoms with Crippen LogP contribution in [0, 0.1) is 23.4 Å². The molecule has 0 bridgehead atoms. The van der Waals surface area contributed by atoms with Crippen molar-refractivity contribution in [3.63, 3.8) is 0 Å². The van der Waals surface area contributed by atoms with Gasteiger partial charge in [0.15, 0.2) is 17.5 Å². The fraction of sp³-hybridized carbons (Fsp3) is 0.588. The van der Waals surface area contributed by atoms with Crippen LogP contribution in [0.5, 0.6) is 0 Å². The molecule has 3 heteroatoms. The van der Waals surface area contributed by atoms with Crippen LogP contribution in [-0.4, -0.2) is 0 Å². The average molecular weight is 283 g/mol. The molecule has 1 radical (unpaired) electrons. The van der Waals surface area contributed by atoms with Gasteiger partial charge in [-0.3, -0.25) is 0 Å². The second-order valence-electron chi connectivity index (χ2n) is 5.78. The van der Waals surface area contributed by atoms with E-state index in [1.54, 1.807) is 5.92 Å². The van der Waals surface area contributed by atoms with E-state index in [1.807, 2.05) is 0 Å². The van der Waals surface area contributed by atoms with Crippen molar-refractivity contribution in [2.45, 2.75) is 64.2 Å². The lowest BCUT2D eigenvalue weighted by Gasteiger charge is -2.28. The van der Waals surface area contributed by atoms with Crippen molar-refractivity contribution in [3.8, 4) is 0 Å². The Morgan fingerprint density at radius 3 is 2.15 bits per heavy atom. The molecule has 1 aliphatic rings. The molecule has 1 aliphatic carbocycles. The molecule has 0 saturated heterocycles. The van der Waals surface area contributed by atoms with Gasteiger partial charge in [0.2, 0.25) is 0 Å². The highest BCUT2D eigenvalue weighted by atomic mass is 19.2. The summed E-state index contributed by atoms with van der Waals surface area (Å²) in [7, 11) is 0. The largest absolute Gasteiger partial charge is 0.204 e. The van der Waals surface area contributed by atoms with Gasteiger partial charge in [-0.1, -0.05) is 26.2 Å². The highest BCUT2D eigenvalue weighted by molar-refractivity contribution is 5.24. The van der Waals surface area contributed by atoms with E-state index in [0.717, 1.165) is 37.8 Å². The zero-order valence-corrected chi connectivity index (χ0v) is 12.0. The highest BCUT2D eigenvalue weighted by Crippen LogP contribution is 2.39. The summed E-state index contributed by atoms with van der Waals surface area (Å²) in [5.74, 6) is -1.76. The number of hydrogen-bond acceptors (Lipinski definition) is 0. The molecule has 0 N–H and O–H groups in total. The van der Waals surface area contributed by atoms with Crippen molar-refractivity contribution in [2.75, 3.05) is 0 Å². The van der Waals surface area contributed by atoms with E-state index in [9.17, 15) is 13.2 Å². The number of rotatable bonds is 5. The Morgan fingerprint density at radius 1 is 1.00 bits per heavy atom. The van der Waals surface area contributed by atoms with Crippen molar-refractivity contribution in [1.82, 2.24) is 0 Å². The summed E-state index contributed by atoms with van der Waals surface area (Å²) in [4.78, 5) is 0. The third-order valence-corrected chi connectivity index (χ3v) is 4.30. The molecule has 0 heterocycles. The van der Waals surface area contributed by atoms with Crippen LogP contribution in [-0.2, 0) is 0 Å². The van der Waals surface area contributed by atoms with Gasteiger partial charge in [0.05, 0.1) is 0 Å². The lowest BCUT2D eigenvalue weighted by atomic mass is 9.77. The van der Waals surface area contributed by atoms with Gasteiger partial charge in [0.1, 0.15) is 0 Å². The minimum absolute atomic E-state index is 0.162. The highest BCUT2D eigenvalue weighted by Gasteiger charge is 2.24. The third kappa shape index (κ3) is 3.77. The normalized spacial score (nSPS) is 17.6.